The monoisotopic (exact) mass is 241 g/mol. The average molecular weight is 241 g/mol. The molecule has 0 aliphatic heterocycles. The Bertz CT molecular complexity index is 326. The van der Waals surface area contributed by atoms with E-state index in [0.717, 1.165) is 0 Å². The van der Waals surface area contributed by atoms with Crippen molar-refractivity contribution in [2.45, 2.75) is 18.4 Å². The molecule has 1 amide bonds. The second-order valence-electron chi connectivity index (χ2n) is 2.24. The SMILES string of the molecule is CC(F)(F)S(=O)(=O)NC(=O)C(F)(F)F. The van der Waals surface area contributed by atoms with Gasteiger partial charge in [0.1, 0.15) is 0 Å². The van der Waals surface area contributed by atoms with Crippen LogP contribution in [0.15, 0.2) is 0 Å². The Hall–Kier alpha value is -0.930. The molecule has 14 heavy (non-hydrogen) atoms. The normalized spacial score (nSPS) is 13.9. The molecule has 84 valence electrons. The Morgan fingerprint density at radius 1 is 1.14 bits per heavy atom. The number of hydrogen-bond donors (Lipinski definition) is 1. The number of carbonyl (C=O) groups is 1. The fourth-order valence-corrected chi connectivity index (χ4v) is 0.809. The van der Waals surface area contributed by atoms with E-state index in [0.29, 0.717) is 0 Å². The van der Waals surface area contributed by atoms with Crippen molar-refractivity contribution < 1.29 is 35.2 Å². The van der Waals surface area contributed by atoms with E-state index in [1.54, 1.807) is 0 Å². The van der Waals surface area contributed by atoms with Crippen molar-refractivity contribution in [3.8, 4) is 0 Å². The lowest BCUT2D eigenvalue weighted by Gasteiger charge is -2.13. The van der Waals surface area contributed by atoms with Crippen LogP contribution >= 0.6 is 0 Å². The highest BCUT2D eigenvalue weighted by Crippen LogP contribution is 2.21. The first kappa shape index (κ1) is 13.1. The topological polar surface area (TPSA) is 63.2 Å². The minimum atomic E-state index is -5.63. The molecular formula is C4H4F5NO3S. The van der Waals surface area contributed by atoms with Gasteiger partial charge in [-0.05, 0) is 0 Å². The second kappa shape index (κ2) is 3.33. The van der Waals surface area contributed by atoms with Crippen LogP contribution in [0.5, 0.6) is 0 Å². The van der Waals surface area contributed by atoms with Gasteiger partial charge in [0.25, 0.3) is 0 Å². The van der Waals surface area contributed by atoms with Gasteiger partial charge in [-0.1, -0.05) is 0 Å². The van der Waals surface area contributed by atoms with Gasteiger partial charge >= 0.3 is 27.4 Å². The zero-order chi connectivity index (χ0) is 11.8. The molecule has 10 heteroatoms. The summed E-state index contributed by atoms with van der Waals surface area (Å²) in [5.74, 6) is -2.96. The molecule has 0 radical (unpaired) electrons. The standard InChI is InChI=1S/C4H4F5NO3S/c1-3(5,6)14(12,13)10-2(11)4(7,8)9/h1H3,(H,10,11). The summed E-state index contributed by atoms with van der Waals surface area (Å²) in [6, 6.07) is 0. The van der Waals surface area contributed by atoms with Crippen molar-refractivity contribution in [2.24, 2.45) is 0 Å². The summed E-state index contributed by atoms with van der Waals surface area (Å²) in [7, 11) is -5.63. The number of rotatable bonds is 2. The maximum Gasteiger partial charge on any atom is 0.472 e. The molecule has 0 aliphatic rings. The molecule has 4 nitrogen and oxygen atoms in total. The first-order chi connectivity index (χ1) is 5.88. The van der Waals surface area contributed by atoms with Gasteiger partial charge in [0.15, 0.2) is 0 Å². The first-order valence-corrected chi connectivity index (χ1v) is 4.37. The highest BCUT2D eigenvalue weighted by atomic mass is 32.2. The number of amides is 1. The van der Waals surface area contributed by atoms with Crippen molar-refractivity contribution in [3.63, 3.8) is 0 Å². The lowest BCUT2D eigenvalue weighted by atomic mass is 10.6. The van der Waals surface area contributed by atoms with Crippen molar-refractivity contribution in [1.82, 2.24) is 4.72 Å². The van der Waals surface area contributed by atoms with Crippen molar-refractivity contribution >= 4 is 15.9 Å². The predicted octanol–water partition coefficient (Wildman–Crippen LogP) is 0.607. The van der Waals surface area contributed by atoms with E-state index in [2.05, 4.69) is 0 Å². The molecule has 0 aromatic carbocycles. The molecule has 1 N–H and O–H groups in total. The smallest absolute Gasteiger partial charge is 0.263 e. The Labute approximate surface area is 75.1 Å². The average Bonchev–Trinajstić information content (AvgIpc) is 1.80. The molecule has 0 bridgehead atoms. The summed E-state index contributed by atoms with van der Waals surface area (Å²) in [5.41, 5.74) is 0. The van der Waals surface area contributed by atoms with Gasteiger partial charge in [0.05, 0.1) is 0 Å². The molecule has 0 spiro atoms. The van der Waals surface area contributed by atoms with Gasteiger partial charge in [0, 0.05) is 6.92 Å². The fourth-order valence-electron chi connectivity index (χ4n) is 0.270. The summed E-state index contributed by atoms with van der Waals surface area (Å²) in [4.78, 5) is 9.98. The van der Waals surface area contributed by atoms with Crippen LogP contribution in [-0.4, -0.2) is 25.8 Å². The Balaban J connectivity index is 4.82. The van der Waals surface area contributed by atoms with Gasteiger partial charge in [-0.25, -0.2) is 13.1 Å². The molecule has 0 saturated carbocycles. The number of nitrogens with one attached hydrogen (secondary N) is 1. The van der Waals surface area contributed by atoms with Crippen LogP contribution in [0.4, 0.5) is 22.0 Å². The van der Waals surface area contributed by atoms with E-state index in [9.17, 15) is 35.2 Å². The van der Waals surface area contributed by atoms with Crippen molar-refractivity contribution in [3.05, 3.63) is 0 Å². The molecule has 0 rings (SSSR count). The zero-order valence-electron chi connectivity index (χ0n) is 6.52. The molecule has 0 heterocycles. The summed E-state index contributed by atoms with van der Waals surface area (Å²) >= 11 is 0. The number of sulfonamides is 1. The van der Waals surface area contributed by atoms with Crippen LogP contribution in [0, 0.1) is 0 Å². The van der Waals surface area contributed by atoms with Crippen LogP contribution < -0.4 is 4.72 Å². The predicted molar refractivity (Wildman–Crippen MR) is 33.7 cm³/mol. The number of halogens is 5. The third-order valence-electron chi connectivity index (χ3n) is 0.956. The van der Waals surface area contributed by atoms with E-state index in [1.165, 1.54) is 0 Å². The first-order valence-electron chi connectivity index (χ1n) is 2.89. The molecular weight excluding hydrogens is 237 g/mol. The summed E-state index contributed by atoms with van der Waals surface area (Å²) < 4.78 is 79.3. The molecule has 0 atom stereocenters. The summed E-state index contributed by atoms with van der Waals surface area (Å²) in [6.07, 6.45) is -5.53. The fraction of sp³-hybridized carbons (Fsp3) is 0.750. The van der Waals surface area contributed by atoms with E-state index in [4.69, 9.17) is 0 Å². The zero-order valence-corrected chi connectivity index (χ0v) is 7.34. The lowest BCUT2D eigenvalue weighted by Crippen LogP contribution is -2.46. The minimum Gasteiger partial charge on any atom is -0.263 e. The van der Waals surface area contributed by atoms with Crippen LogP contribution in [0.1, 0.15) is 6.92 Å². The highest BCUT2D eigenvalue weighted by molar-refractivity contribution is 7.91. The third kappa shape index (κ3) is 3.09. The highest BCUT2D eigenvalue weighted by Gasteiger charge is 2.47. The van der Waals surface area contributed by atoms with E-state index >= 15 is 0 Å². The van der Waals surface area contributed by atoms with Gasteiger partial charge < -0.3 is 0 Å². The number of carbonyl (C=O) groups excluding carboxylic acids is 1. The van der Waals surface area contributed by atoms with Crippen LogP contribution in [0.3, 0.4) is 0 Å². The second-order valence-corrected chi connectivity index (χ2v) is 4.17. The van der Waals surface area contributed by atoms with Gasteiger partial charge in [0.2, 0.25) is 0 Å². The van der Waals surface area contributed by atoms with E-state index in [-0.39, 0.29) is 11.6 Å². The minimum absolute atomic E-state index is 0.154. The number of hydrogen-bond acceptors (Lipinski definition) is 3. The van der Waals surface area contributed by atoms with Crippen LogP contribution in [-0.2, 0) is 14.8 Å². The summed E-state index contributed by atoms with van der Waals surface area (Å²) in [5, 5.41) is -4.46. The molecule has 0 aromatic rings. The third-order valence-corrected chi connectivity index (χ3v) is 2.35. The largest absolute Gasteiger partial charge is 0.472 e. The number of alkyl halides is 5. The Morgan fingerprint density at radius 3 is 1.71 bits per heavy atom. The van der Waals surface area contributed by atoms with Gasteiger partial charge in [-0.2, -0.15) is 22.0 Å². The van der Waals surface area contributed by atoms with Crippen molar-refractivity contribution in [2.75, 3.05) is 0 Å². The van der Waals surface area contributed by atoms with Crippen molar-refractivity contribution in [1.29, 1.82) is 0 Å². The molecule has 0 fully saturated rings. The molecule has 0 unspecified atom stereocenters. The molecule has 0 aromatic heterocycles. The van der Waals surface area contributed by atoms with Gasteiger partial charge in [-0.15, -0.1) is 0 Å². The molecule has 0 aliphatic carbocycles. The maximum absolute atomic E-state index is 12.1. The lowest BCUT2D eigenvalue weighted by molar-refractivity contribution is -0.171. The quantitative estimate of drug-likeness (QED) is 0.720. The Kier molecular flexibility index (Phi) is 3.11. The van der Waals surface area contributed by atoms with E-state index < -0.39 is 27.4 Å². The maximum atomic E-state index is 12.1. The van der Waals surface area contributed by atoms with E-state index in [1.807, 2.05) is 0 Å². The molecule has 0 saturated heterocycles. The Morgan fingerprint density at radius 2 is 1.50 bits per heavy atom. The van der Waals surface area contributed by atoms with Gasteiger partial charge in [-0.3, -0.25) is 4.79 Å². The summed E-state index contributed by atoms with van der Waals surface area (Å²) in [6.45, 7) is -0.154. The van der Waals surface area contributed by atoms with Crippen LogP contribution in [0.25, 0.3) is 0 Å². The van der Waals surface area contributed by atoms with Crippen LogP contribution in [0.2, 0.25) is 0 Å².